The minimum Gasteiger partial charge on any atom is -0.375 e. The van der Waals surface area contributed by atoms with Crippen LogP contribution in [0, 0.1) is 5.92 Å². The summed E-state index contributed by atoms with van der Waals surface area (Å²) in [6.07, 6.45) is 4.03. The summed E-state index contributed by atoms with van der Waals surface area (Å²) in [6.45, 7) is 3.59. The maximum absolute atomic E-state index is 3.42. The largest absolute Gasteiger partial charge is 0.375 e. The Bertz CT molecular complexity index is 291. The molecule has 1 aliphatic heterocycles. The summed E-state index contributed by atoms with van der Waals surface area (Å²) in [5.41, 5.74) is 1.33. The molecule has 0 unspecified atom stereocenters. The van der Waals surface area contributed by atoms with E-state index in [4.69, 9.17) is 0 Å². The Balaban J connectivity index is 1.77. The first-order chi connectivity index (χ1) is 7.86. The summed E-state index contributed by atoms with van der Waals surface area (Å²) in [7, 11) is 2.19. The number of benzene rings is 1. The molecule has 0 aromatic heterocycles. The zero-order valence-corrected chi connectivity index (χ0v) is 10.2. The van der Waals surface area contributed by atoms with Crippen LogP contribution >= 0.6 is 0 Å². The van der Waals surface area contributed by atoms with Gasteiger partial charge in [-0.25, -0.2) is 0 Å². The van der Waals surface area contributed by atoms with Crippen LogP contribution < -0.4 is 10.2 Å². The van der Waals surface area contributed by atoms with Crippen molar-refractivity contribution in [3.8, 4) is 0 Å². The fourth-order valence-corrected chi connectivity index (χ4v) is 2.36. The summed E-state index contributed by atoms with van der Waals surface area (Å²) in [5.74, 6) is 0.924. The Morgan fingerprint density at radius 1 is 1.19 bits per heavy atom. The standard InChI is InChI=1S/C14H22N2/c1-16(14-5-3-2-4-6-14)12-9-13-7-10-15-11-8-13/h2-6,13,15H,7-12H2,1H3. The van der Waals surface area contributed by atoms with Gasteiger partial charge in [0, 0.05) is 19.3 Å². The summed E-state index contributed by atoms with van der Waals surface area (Å²) in [6, 6.07) is 10.7. The third kappa shape index (κ3) is 3.24. The summed E-state index contributed by atoms with van der Waals surface area (Å²) in [5, 5.41) is 3.42. The molecule has 1 saturated heterocycles. The fourth-order valence-electron chi connectivity index (χ4n) is 2.36. The van der Waals surface area contributed by atoms with Crippen LogP contribution in [0.3, 0.4) is 0 Å². The first kappa shape index (κ1) is 11.5. The number of piperidine rings is 1. The van der Waals surface area contributed by atoms with E-state index in [-0.39, 0.29) is 0 Å². The third-order valence-electron chi connectivity index (χ3n) is 3.53. The van der Waals surface area contributed by atoms with Crippen molar-refractivity contribution in [1.29, 1.82) is 0 Å². The second-order valence-electron chi connectivity index (χ2n) is 4.74. The Kier molecular flexibility index (Phi) is 4.23. The lowest BCUT2D eigenvalue weighted by molar-refractivity contribution is 0.356. The monoisotopic (exact) mass is 218 g/mol. The minimum absolute atomic E-state index is 0.924. The van der Waals surface area contributed by atoms with Gasteiger partial charge >= 0.3 is 0 Å². The minimum atomic E-state index is 0.924. The van der Waals surface area contributed by atoms with Gasteiger partial charge in [0.25, 0.3) is 0 Å². The van der Waals surface area contributed by atoms with Gasteiger partial charge in [-0.2, -0.15) is 0 Å². The smallest absolute Gasteiger partial charge is 0.0363 e. The van der Waals surface area contributed by atoms with Crippen molar-refractivity contribution in [3.05, 3.63) is 30.3 Å². The van der Waals surface area contributed by atoms with Gasteiger partial charge < -0.3 is 10.2 Å². The molecule has 1 aliphatic rings. The third-order valence-corrected chi connectivity index (χ3v) is 3.53. The van der Waals surface area contributed by atoms with Gasteiger partial charge in [0.2, 0.25) is 0 Å². The van der Waals surface area contributed by atoms with Gasteiger partial charge in [0.1, 0.15) is 0 Å². The van der Waals surface area contributed by atoms with Crippen LogP contribution in [-0.2, 0) is 0 Å². The zero-order chi connectivity index (χ0) is 11.2. The quantitative estimate of drug-likeness (QED) is 0.835. The lowest BCUT2D eigenvalue weighted by atomic mass is 9.94. The molecule has 0 bridgehead atoms. The average Bonchev–Trinajstić information content (AvgIpc) is 2.38. The number of nitrogens with zero attached hydrogens (tertiary/aromatic N) is 1. The number of para-hydroxylation sites is 1. The fraction of sp³-hybridized carbons (Fsp3) is 0.571. The highest BCUT2D eigenvalue weighted by molar-refractivity contribution is 5.44. The van der Waals surface area contributed by atoms with Crippen molar-refractivity contribution in [2.75, 3.05) is 31.6 Å². The van der Waals surface area contributed by atoms with Gasteiger partial charge in [-0.15, -0.1) is 0 Å². The average molecular weight is 218 g/mol. The number of hydrogen-bond donors (Lipinski definition) is 1. The van der Waals surface area contributed by atoms with Crippen molar-refractivity contribution in [1.82, 2.24) is 5.32 Å². The molecule has 0 amide bonds. The van der Waals surface area contributed by atoms with E-state index in [9.17, 15) is 0 Å². The summed E-state index contributed by atoms with van der Waals surface area (Å²) >= 11 is 0. The molecule has 0 spiro atoms. The number of hydrogen-bond acceptors (Lipinski definition) is 2. The van der Waals surface area contributed by atoms with Gasteiger partial charge in [-0.05, 0) is 50.4 Å². The maximum atomic E-state index is 3.42. The molecule has 0 saturated carbocycles. The van der Waals surface area contributed by atoms with Crippen molar-refractivity contribution < 1.29 is 0 Å². The van der Waals surface area contributed by atoms with Gasteiger partial charge in [-0.1, -0.05) is 18.2 Å². The molecule has 16 heavy (non-hydrogen) atoms. The second-order valence-corrected chi connectivity index (χ2v) is 4.74. The van der Waals surface area contributed by atoms with Crippen LogP contribution in [0.5, 0.6) is 0 Å². The van der Waals surface area contributed by atoms with Gasteiger partial charge in [0.15, 0.2) is 0 Å². The molecule has 0 aliphatic carbocycles. The molecule has 0 radical (unpaired) electrons. The number of rotatable bonds is 4. The van der Waals surface area contributed by atoms with Crippen LogP contribution in [-0.4, -0.2) is 26.7 Å². The lowest BCUT2D eigenvalue weighted by Crippen LogP contribution is -2.30. The van der Waals surface area contributed by atoms with E-state index < -0.39 is 0 Å². The van der Waals surface area contributed by atoms with E-state index in [2.05, 4.69) is 47.6 Å². The Morgan fingerprint density at radius 2 is 1.88 bits per heavy atom. The molecular formula is C14H22N2. The van der Waals surface area contributed by atoms with E-state index in [1.807, 2.05) is 0 Å². The van der Waals surface area contributed by atoms with Crippen LogP contribution in [0.1, 0.15) is 19.3 Å². The van der Waals surface area contributed by atoms with Crippen LogP contribution in [0.15, 0.2) is 30.3 Å². The Labute approximate surface area is 98.7 Å². The molecule has 1 N–H and O–H groups in total. The maximum Gasteiger partial charge on any atom is 0.0363 e. The first-order valence-corrected chi connectivity index (χ1v) is 6.33. The normalized spacial score (nSPS) is 17.3. The SMILES string of the molecule is CN(CCC1CCNCC1)c1ccccc1. The molecule has 2 nitrogen and oxygen atoms in total. The second kappa shape index (κ2) is 5.90. The predicted octanol–water partition coefficient (Wildman–Crippen LogP) is 2.51. The molecule has 2 rings (SSSR count). The van der Waals surface area contributed by atoms with E-state index in [1.165, 1.54) is 44.6 Å². The predicted molar refractivity (Wildman–Crippen MR) is 69.9 cm³/mol. The first-order valence-electron chi connectivity index (χ1n) is 6.33. The van der Waals surface area contributed by atoms with Crippen LogP contribution in [0.4, 0.5) is 5.69 Å². The van der Waals surface area contributed by atoms with Crippen molar-refractivity contribution >= 4 is 5.69 Å². The van der Waals surface area contributed by atoms with Gasteiger partial charge in [0.05, 0.1) is 0 Å². The van der Waals surface area contributed by atoms with E-state index in [1.54, 1.807) is 0 Å². The number of anilines is 1. The lowest BCUT2D eigenvalue weighted by Gasteiger charge is -2.26. The van der Waals surface area contributed by atoms with Crippen molar-refractivity contribution in [3.63, 3.8) is 0 Å². The van der Waals surface area contributed by atoms with Crippen molar-refractivity contribution in [2.45, 2.75) is 19.3 Å². The Hall–Kier alpha value is -1.02. The molecule has 1 aromatic rings. The van der Waals surface area contributed by atoms with Gasteiger partial charge in [-0.3, -0.25) is 0 Å². The molecule has 2 heteroatoms. The summed E-state index contributed by atoms with van der Waals surface area (Å²) in [4.78, 5) is 2.36. The zero-order valence-electron chi connectivity index (χ0n) is 10.2. The molecule has 1 fully saturated rings. The number of nitrogens with one attached hydrogen (secondary N) is 1. The summed E-state index contributed by atoms with van der Waals surface area (Å²) < 4.78 is 0. The Morgan fingerprint density at radius 3 is 2.56 bits per heavy atom. The molecule has 1 heterocycles. The van der Waals surface area contributed by atoms with Crippen molar-refractivity contribution in [2.24, 2.45) is 5.92 Å². The molecular weight excluding hydrogens is 196 g/mol. The van der Waals surface area contributed by atoms with Crippen LogP contribution in [0.25, 0.3) is 0 Å². The molecule has 1 aromatic carbocycles. The van der Waals surface area contributed by atoms with E-state index in [0.717, 1.165) is 5.92 Å². The topological polar surface area (TPSA) is 15.3 Å². The van der Waals surface area contributed by atoms with E-state index >= 15 is 0 Å². The highest BCUT2D eigenvalue weighted by atomic mass is 15.1. The van der Waals surface area contributed by atoms with E-state index in [0.29, 0.717) is 0 Å². The van der Waals surface area contributed by atoms with Crippen LogP contribution in [0.2, 0.25) is 0 Å². The highest BCUT2D eigenvalue weighted by Gasteiger charge is 2.13. The molecule has 0 atom stereocenters. The highest BCUT2D eigenvalue weighted by Crippen LogP contribution is 2.18. The molecule has 88 valence electrons.